The molecule has 1 aliphatic rings. The van der Waals surface area contributed by atoms with E-state index in [1.165, 1.54) is 29.7 Å². The highest BCUT2D eigenvalue weighted by Crippen LogP contribution is 2.37. The highest BCUT2D eigenvalue weighted by Gasteiger charge is 2.20. The minimum Gasteiger partial charge on any atom is -0.388 e. The average molecular weight is 363 g/mol. The molecule has 0 spiro atoms. The molecule has 0 bridgehead atoms. The molecule has 0 radical (unpaired) electrons. The third kappa shape index (κ3) is 3.91. The van der Waals surface area contributed by atoms with Crippen LogP contribution in [0, 0.1) is 0 Å². The maximum Gasteiger partial charge on any atom is 0.0884 e. The first-order valence-electron chi connectivity index (χ1n) is 7.38. The standard InChI is InChI=1S/C18H19BrOS/c19-16-7-9-17(10-8-16)21-12-18(20)15-6-2-5-14(11-15)13-3-1-4-13/h2,5-11,13,18,20H,1,3-4,12H2. The van der Waals surface area contributed by atoms with E-state index in [1.54, 1.807) is 11.8 Å². The second kappa shape index (κ2) is 6.99. The number of hydrogen-bond donors (Lipinski definition) is 1. The smallest absolute Gasteiger partial charge is 0.0884 e. The number of aliphatic hydroxyl groups is 1. The van der Waals surface area contributed by atoms with Gasteiger partial charge in [-0.15, -0.1) is 11.8 Å². The third-order valence-electron chi connectivity index (χ3n) is 4.09. The van der Waals surface area contributed by atoms with Crippen molar-refractivity contribution in [1.82, 2.24) is 0 Å². The van der Waals surface area contributed by atoms with Crippen LogP contribution in [-0.2, 0) is 0 Å². The van der Waals surface area contributed by atoms with Gasteiger partial charge < -0.3 is 5.11 Å². The normalized spacial score (nSPS) is 16.5. The summed E-state index contributed by atoms with van der Waals surface area (Å²) >= 11 is 5.13. The van der Waals surface area contributed by atoms with E-state index in [1.807, 2.05) is 18.2 Å². The van der Waals surface area contributed by atoms with Crippen LogP contribution in [0.5, 0.6) is 0 Å². The Bertz CT molecular complexity index is 592. The first-order chi connectivity index (χ1) is 10.2. The van der Waals surface area contributed by atoms with Crippen molar-refractivity contribution in [2.24, 2.45) is 0 Å². The molecule has 1 saturated carbocycles. The fourth-order valence-electron chi connectivity index (χ4n) is 2.56. The lowest BCUT2D eigenvalue weighted by Crippen LogP contribution is -2.10. The Kier molecular flexibility index (Phi) is 5.04. The summed E-state index contributed by atoms with van der Waals surface area (Å²) in [6, 6.07) is 16.7. The highest BCUT2D eigenvalue weighted by atomic mass is 79.9. The molecule has 1 N–H and O–H groups in total. The Labute approximate surface area is 138 Å². The minimum atomic E-state index is -0.404. The first-order valence-corrected chi connectivity index (χ1v) is 9.16. The fraction of sp³-hybridized carbons (Fsp3) is 0.333. The van der Waals surface area contributed by atoms with Gasteiger partial charge in [0.25, 0.3) is 0 Å². The van der Waals surface area contributed by atoms with E-state index in [9.17, 15) is 5.11 Å². The van der Waals surface area contributed by atoms with Gasteiger partial charge in [0.15, 0.2) is 0 Å². The summed E-state index contributed by atoms with van der Waals surface area (Å²) in [5, 5.41) is 10.4. The Morgan fingerprint density at radius 2 is 1.90 bits per heavy atom. The molecule has 0 aromatic heterocycles. The Morgan fingerprint density at radius 3 is 2.57 bits per heavy atom. The van der Waals surface area contributed by atoms with Crippen molar-refractivity contribution in [2.75, 3.05) is 5.75 Å². The van der Waals surface area contributed by atoms with Crippen molar-refractivity contribution in [3.8, 4) is 0 Å². The number of aliphatic hydroxyl groups excluding tert-OH is 1. The van der Waals surface area contributed by atoms with Crippen molar-refractivity contribution in [1.29, 1.82) is 0 Å². The van der Waals surface area contributed by atoms with E-state index in [0.29, 0.717) is 5.75 Å². The molecule has 1 aliphatic carbocycles. The van der Waals surface area contributed by atoms with Crippen LogP contribution in [-0.4, -0.2) is 10.9 Å². The molecule has 1 nitrogen and oxygen atoms in total. The quantitative estimate of drug-likeness (QED) is 0.704. The topological polar surface area (TPSA) is 20.2 Å². The summed E-state index contributed by atoms with van der Waals surface area (Å²) in [7, 11) is 0. The zero-order chi connectivity index (χ0) is 14.7. The van der Waals surface area contributed by atoms with Gasteiger partial charge in [-0.3, -0.25) is 0 Å². The average Bonchev–Trinajstić information content (AvgIpc) is 2.45. The molecule has 2 aromatic rings. The molecular weight excluding hydrogens is 344 g/mol. The number of halogens is 1. The van der Waals surface area contributed by atoms with E-state index < -0.39 is 6.10 Å². The molecule has 0 saturated heterocycles. The summed E-state index contributed by atoms with van der Waals surface area (Å²) in [6.07, 6.45) is 3.54. The lowest BCUT2D eigenvalue weighted by atomic mass is 9.79. The number of rotatable bonds is 5. The van der Waals surface area contributed by atoms with Crippen molar-refractivity contribution in [3.63, 3.8) is 0 Å². The predicted molar refractivity (Wildman–Crippen MR) is 92.9 cm³/mol. The van der Waals surface area contributed by atoms with Crippen LogP contribution in [0.4, 0.5) is 0 Å². The van der Waals surface area contributed by atoms with Crippen LogP contribution in [0.1, 0.15) is 42.4 Å². The minimum absolute atomic E-state index is 0.404. The lowest BCUT2D eigenvalue weighted by Gasteiger charge is -2.26. The second-order valence-corrected chi connectivity index (χ2v) is 7.59. The van der Waals surface area contributed by atoms with Gasteiger partial charge in [-0.25, -0.2) is 0 Å². The van der Waals surface area contributed by atoms with E-state index in [0.717, 1.165) is 16.0 Å². The molecule has 1 atom stereocenters. The van der Waals surface area contributed by atoms with Crippen LogP contribution >= 0.6 is 27.7 Å². The number of benzene rings is 2. The number of hydrogen-bond acceptors (Lipinski definition) is 2. The summed E-state index contributed by atoms with van der Waals surface area (Å²) in [6.45, 7) is 0. The molecular formula is C18H19BrOS. The summed E-state index contributed by atoms with van der Waals surface area (Å²) in [5.41, 5.74) is 2.44. The molecule has 1 fully saturated rings. The fourth-order valence-corrected chi connectivity index (χ4v) is 3.70. The van der Waals surface area contributed by atoms with Crippen molar-refractivity contribution in [3.05, 3.63) is 64.1 Å². The monoisotopic (exact) mass is 362 g/mol. The summed E-state index contributed by atoms with van der Waals surface area (Å²) in [5.74, 6) is 1.41. The summed E-state index contributed by atoms with van der Waals surface area (Å²) in [4.78, 5) is 1.19. The van der Waals surface area contributed by atoms with E-state index in [4.69, 9.17) is 0 Å². The largest absolute Gasteiger partial charge is 0.388 e. The predicted octanol–water partition coefficient (Wildman–Crippen LogP) is 5.54. The molecule has 0 heterocycles. The molecule has 3 rings (SSSR count). The SMILES string of the molecule is OC(CSc1ccc(Br)cc1)c1cccc(C2CCC2)c1. The number of thioether (sulfide) groups is 1. The van der Waals surface area contributed by atoms with Crippen LogP contribution in [0.25, 0.3) is 0 Å². The molecule has 2 aromatic carbocycles. The van der Waals surface area contributed by atoms with Crippen molar-refractivity contribution in [2.45, 2.75) is 36.2 Å². The first kappa shape index (κ1) is 15.1. The molecule has 110 valence electrons. The van der Waals surface area contributed by atoms with Crippen LogP contribution in [0.3, 0.4) is 0 Å². The van der Waals surface area contributed by atoms with Gasteiger partial charge in [-0.1, -0.05) is 46.6 Å². The Hall–Kier alpha value is -0.770. The van der Waals surface area contributed by atoms with Crippen LogP contribution in [0.15, 0.2) is 57.9 Å². The Morgan fingerprint density at radius 1 is 1.14 bits per heavy atom. The van der Waals surface area contributed by atoms with Gasteiger partial charge >= 0.3 is 0 Å². The lowest BCUT2D eigenvalue weighted by molar-refractivity contribution is 0.204. The van der Waals surface area contributed by atoms with E-state index in [-0.39, 0.29) is 0 Å². The van der Waals surface area contributed by atoms with Gasteiger partial charge in [0.05, 0.1) is 6.10 Å². The highest BCUT2D eigenvalue weighted by molar-refractivity contribution is 9.10. The maximum atomic E-state index is 10.4. The summed E-state index contributed by atoms with van der Waals surface area (Å²) < 4.78 is 1.08. The van der Waals surface area contributed by atoms with Gasteiger partial charge in [0, 0.05) is 15.1 Å². The van der Waals surface area contributed by atoms with Crippen molar-refractivity contribution < 1.29 is 5.11 Å². The van der Waals surface area contributed by atoms with E-state index >= 15 is 0 Å². The zero-order valence-corrected chi connectivity index (χ0v) is 14.2. The van der Waals surface area contributed by atoms with Gasteiger partial charge in [-0.05, 0) is 54.2 Å². The molecule has 21 heavy (non-hydrogen) atoms. The third-order valence-corrected chi connectivity index (χ3v) is 5.71. The molecule has 1 unspecified atom stereocenters. The van der Waals surface area contributed by atoms with Crippen LogP contribution in [0.2, 0.25) is 0 Å². The van der Waals surface area contributed by atoms with E-state index in [2.05, 4.69) is 46.3 Å². The second-order valence-electron chi connectivity index (χ2n) is 5.58. The molecule has 3 heteroatoms. The van der Waals surface area contributed by atoms with Crippen LogP contribution < -0.4 is 0 Å². The Balaban J connectivity index is 1.62. The molecule has 0 aliphatic heterocycles. The van der Waals surface area contributed by atoms with Crippen molar-refractivity contribution >= 4 is 27.7 Å². The molecule has 0 amide bonds. The van der Waals surface area contributed by atoms with Gasteiger partial charge in [0.1, 0.15) is 0 Å². The zero-order valence-electron chi connectivity index (χ0n) is 11.8. The van der Waals surface area contributed by atoms with Gasteiger partial charge in [0.2, 0.25) is 0 Å². The maximum absolute atomic E-state index is 10.4. The van der Waals surface area contributed by atoms with Gasteiger partial charge in [-0.2, -0.15) is 0 Å².